The van der Waals surface area contributed by atoms with Gasteiger partial charge in [0.05, 0.1) is 49.9 Å². The summed E-state index contributed by atoms with van der Waals surface area (Å²) >= 11 is 0. The second-order valence-corrected chi connectivity index (χ2v) is 18.1. The van der Waals surface area contributed by atoms with Gasteiger partial charge in [-0.05, 0) is 70.6 Å². The summed E-state index contributed by atoms with van der Waals surface area (Å²) in [7, 11) is 0. The summed E-state index contributed by atoms with van der Waals surface area (Å²) in [5.41, 5.74) is 6.50. The number of aromatic nitrogens is 9. The normalized spacial score (nSPS) is 23.4. The van der Waals surface area contributed by atoms with Gasteiger partial charge in [0, 0.05) is 43.9 Å². The number of hydrogen-bond donors (Lipinski definition) is 5. The molecule has 11 rings (SSSR count). The number of urea groups is 2. The van der Waals surface area contributed by atoms with Gasteiger partial charge in [-0.1, -0.05) is 0 Å². The van der Waals surface area contributed by atoms with Crippen LogP contribution in [-0.2, 0) is 9.47 Å². The molecular formula is C45H52F6LiN15O10. The number of rotatable bonds is 9. The van der Waals surface area contributed by atoms with Gasteiger partial charge in [0.15, 0.2) is 16.9 Å². The maximum atomic E-state index is 14.1. The molecule has 32 heteroatoms. The number of aromatic carboxylic acids is 1. The summed E-state index contributed by atoms with van der Waals surface area (Å²) in [5, 5.41) is 28.7. The van der Waals surface area contributed by atoms with E-state index in [-0.39, 0.29) is 102 Å². The minimum atomic E-state index is -2.97. The van der Waals surface area contributed by atoms with Crippen molar-refractivity contribution in [3.63, 3.8) is 0 Å². The molecule has 2 aliphatic heterocycles. The summed E-state index contributed by atoms with van der Waals surface area (Å²) in [5.74, 6) is -10.4. The van der Waals surface area contributed by atoms with Crippen LogP contribution in [0.4, 0.5) is 53.4 Å². The van der Waals surface area contributed by atoms with E-state index in [1.165, 1.54) is 60.3 Å². The fraction of sp³-hybridized carbons (Fsp3) is 0.489. The van der Waals surface area contributed by atoms with Crippen molar-refractivity contribution in [2.75, 3.05) is 28.3 Å². The molecule has 6 aromatic heterocycles. The van der Waals surface area contributed by atoms with Crippen molar-refractivity contribution in [1.82, 2.24) is 54.4 Å². The van der Waals surface area contributed by atoms with Crippen molar-refractivity contribution in [1.29, 1.82) is 0 Å². The molecule has 0 bridgehead atoms. The Kier molecular flexibility index (Phi) is 17.7. The second-order valence-electron chi connectivity index (χ2n) is 18.1. The molecule has 5 fully saturated rings. The van der Waals surface area contributed by atoms with E-state index in [4.69, 9.17) is 20.3 Å². The molecule has 6 atom stereocenters. The first kappa shape index (κ1) is 58.9. The summed E-state index contributed by atoms with van der Waals surface area (Å²) < 4.78 is 97.8. The number of nitrogens with zero attached hydrogens (tertiary/aromatic N) is 11. The average molecular weight is 1080 g/mol. The number of nitrogens with one attached hydrogen (secondary N) is 3. The molecule has 77 heavy (non-hydrogen) atoms. The Balaban J connectivity index is 0.000000184. The molecule has 4 amide bonds. The molecule has 0 unspecified atom stereocenters. The quantitative estimate of drug-likeness (QED) is 0.0775. The predicted octanol–water partition coefficient (Wildman–Crippen LogP) is 1.34. The first-order chi connectivity index (χ1) is 35.2. The van der Waals surface area contributed by atoms with Crippen LogP contribution >= 0.6 is 0 Å². The number of nitrogens with two attached hydrogens (primary N) is 1. The molecule has 3 saturated carbocycles. The first-order valence-corrected chi connectivity index (χ1v) is 23.7. The third-order valence-corrected chi connectivity index (χ3v) is 13.4. The van der Waals surface area contributed by atoms with Crippen LogP contribution in [0.15, 0.2) is 55.4 Å². The molecule has 2 saturated heterocycles. The Morgan fingerprint density at radius 2 is 1.08 bits per heavy atom. The Morgan fingerprint density at radius 1 is 0.675 bits per heavy atom. The number of carbonyl (C=O) groups is 5. The Labute approximate surface area is 444 Å². The molecule has 3 aliphatic carbocycles. The van der Waals surface area contributed by atoms with Gasteiger partial charge in [-0.25, -0.2) is 78.8 Å². The molecular weight excluding hydrogens is 1030 g/mol. The van der Waals surface area contributed by atoms with E-state index < -0.39 is 84.0 Å². The zero-order valence-electron chi connectivity index (χ0n) is 41.5. The molecule has 5 aliphatic rings. The number of anilines is 3. The fourth-order valence-corrected chi connectivity index (χ4v) is 9.86. The number of fused-ring (bicyclic) bond motifs is 5. The van der Waals surface area contributed by atoms with Crippen LogP contribution in [0.3, 0.4) is 0 Å². The molecule has 6 aromatic rings. The van der Waals surface area contributed by atoms with E-state index in [0.29, 0.717) is 50.0 Å². The Hall–Kier alpha value is -7.33. The van der Waals surface area contributed by atoms with Gasteiger partial charge in [-0.2, -0.15) is 15.3 Å². The number of amides is 4. The second kappa shape index (κ2) is 23.1. The van der Waals surface area contributed by atoms with Gasteiger partial charge < -0.3 is 47.2 Å². The molecule has 8 heterocycles. The van der Waals surface area contributed by atoms with E-state index in [1.54, 1.807) is 26.1 Å². The summed E-state index contributed by atoms with van der Waals surface area (Å²) in [6, 6.07) is -2.45. The number of esters is 2. The fourth-order valence-electron chi connectivity index (χ4n) is 9.86. The van der Waals surface area contributed by atoms with Crippen LogP contribution < -0.4 is 50.3 Å². The number of halogens is 6. The van der Waals surface area contributed by atoms with Crippen molar-refractivity contribution < 1.29 is 94.7 Å². The summed E-state index contributed by atoms with van der Waals surface area (Å²) in [4.78, 5) is 74.9. The van der Waals surface area contributed by atoms with Gasteiger partial charge in [-0.15, -0.1) is 0 Å². The van der Waals surface area contributed by atoms with E-state index >= 15 is 0 Å². The molecule has 410 valence electrons. The summed E-state index contributed by atoms with van der Waals surface area (Å²) in [6.45, 7) is 3.82. The Bertz CT molecular complexity index is 3150. The number of carboxylic acids is 1. The first-order valence-electron chi connectivity index (χ1n) is 23.7. The van der Waals surface area contributed by atoms with Gasteiger partial charge in [0.1, 0.15) is 46.2 Å². The standard InChI is InChI=1S/C16H17F2N5O3.C15H19F2N5O2.C14H13F2N5O3.Li.2H2O/c1-2-26-14(24)9-8-19-22-7-5-11(20-13(9)22)23-10-4-3-6-16(17,18)12(10)21-15(23)25;1-2-24-14(23)9-8-19-22-7-5-11(21-13(9)22)20-10-4-3-6-15(16,17)12(10)18;15-14(16)4-1-2-8-10(14)19-13(24)21(8)9-3-5-20-11(18-9)7(6-17-20)12(22)23;;;/h5,7-8,10,12H,2-4,6H2,1H3,(H,21,25);5,7-8,10,12H,2-4,6,18H2,1H3,(H,20,21);3,5-6,8,10H,1-2,4H2,(H,19,24)(H,22,23);;2*1H2/q;;;+1;;/p-1/t2*10-,12-;8-,10-;;;/m111.../s1. The Morgan fingerprint density at radius 3 is 1.53 bits per heavy atom. The predicted molar refractivity (Wildman–Crippen MR) is 252 cm³/mol. The third kappa shape index (κ3) is 11.4. The van der Waals surface area contributed by atoms with Crippen LogP contribution in [0.1, 0.15) is 103 Å². The SMILES string of the molecule is CCOC(=O)c1cnn2ccc(N3C(=O)N[C@@H]4[C@H]3CCCC4(F)F)nc12.CCOC(=O)c1cnn2ccc(N[C@@H]3CCCC(F)(F)[C@@H]3N)nc12.O.O=C(O)c1cnn2ccc(N3C(=O)N[C@@H]4[C@H]3CCCC4(F)F)nc12.[Li+].[OH-]. The van der Waals surface area contributed by atoms with Crippen LogP contribution in [-0.4, -0.2) is 157 Å². The van der Waals surface area contributed by atoms with Crippen molar-refractivity contribution in [2.24, 2.45) is 5.73 Å². The number of carboxylic acid groups (broad SMARTS) is 1. The van der Waals surface area contributed by atoms with Gasteiger partial charge in [0.2, 0.25) is 0 Å². The molecule has 25 nitrogen and oxygen atoms in total. The largest absolute Gasteiger partial charge is 1.00 e. The number of hydrogen-bond acceptors (Lipinski definition) is 16. The monoisotopic (exact) mass is 1080 g/mol. The van der Waals surface area contributed by atoms with Crippen LogP contribution in [0.5, 0.6) is 0 Å². The maximum Gasteiger partial charge on any atom is 1.00 e. The van der Waals surface area contributed by atoms with Gasteiger partial charge in [0.25, 0.3) is 17.8 Å². The van der Waals surface area contributed by atoms with Crippen molar-refractivity contribution in [3.8, 4) is 0 Å². The third-order valence-electron chi connectivity index (χ3n) is 13.4. The zero-order valence-corrected chi connectivity index (χ0v) is 41.5. The molecule has 0 radical (unpaired) electrons. The maximum absolute atomic E-state index is 14.1. The van der Waals surface area contributed by atoms with Crippen LogP contribution in [0.2, 0.25) is 0 Å². The topological polar surface area (TPSA) is 345 Å². The molecule has 9 N–H and O–H groups in total. The molecule has 0 spiro atoms. The smallest absolute Gasteiger partial charge is 0.870 e. The molecule has 0 aromatic carbocycles. The van der Waals surface area contributed by atoms with E-state index in [9.17, 15) is 50.3 Å². The van der Waals surface area contributed by atoms with E-state index in [1.807, 2.05) is 0 Å². The minimum Gasteiger partial charge on any atom is -0.870 e. The van der Waals surface area contributed by atoms with Gasteiger partial charge in [-0.3, -0.25) is 9.80 Å². The van der Waals surface area contributed by atoms with Crippen molar-refractivity contribution in [3.05, 3.63) is 72.1 Å². The van der Waals surface area contributed by atoms with Crippen molar-refractivity contribution in [2.45, 2.75) is 126 Å². The number of ether oxygens (including phenoxy) is 2. The van der Waals surface area contributed by atoms with Gasteiger partial charge >= 0.3 is 48.8 Å². The number of alkyl halides is 6. The minimum absolute atomic E-state index is 0. The van der Waals surface area contributed by atoms with E-state index in [0.717, 1.165) is 6.20 Å². The number of carbonyl (C=O) groups excluding carboxylic acids is 4. The summed E-state index contributed by atoms with van der Waals surface area (Å²) in [6.07, 6.45) is 10.1. The average Bonchev–Trinajstić information content (AvgIpc) is 4.20. The zero-order chi connectivity index (χ0) is 52.9. The van der Waals surface area contributed by atoms with Crippen LogP contribution in [0.25, 0.3) is 16.9 Å². The van der Waals surface area contributed by atoms with E-state index in [2.05, 4.69) is 46.2 Å². The van der Waals surface area contributed by atoms with Crippen LogP contribution in [0, 0.1) is 0 Å². The van der Waals surface area contributed by atoms with Crippen molar-refractivity contribution >= 4 is 64.4 Å².